The zero-order chi connectivity index (χ0) is 62.1. The zero-order valence-corrected chi connectivity index (χ0v) is 52.2. The molecule has 0 radical (unpaired) electrons. The van der Waals surface area contributed by atoms with Crippen LogP contribution in [0.15, 0.2) is 54.6 Å². The van der Waals surface area contributed by atoms with Gasteiger partial charge < -0.3 is 52.3 Å². The van der Waals surface area contributed by atoms with Crippen LogP contribution in [0.2, 0.25) is 0 Å². The fraction of sp³-hybridized carbons (Fsp3) is 0.667. The lowest BCUT2D eigenvalue weighted by Gasteiger charge is -2.34. The Balaban J connectivity index is 1.52. The van der Waals surface area contributed by atoms with E-state index in [0.717, 1.165) is 37.7 Å². The number of benzene rings is 2. The molecule has 7 atom stereocenters. The van der Waals surface area contributed by atoms with Gasteiger partial charge in [0.25, 0.3) is 5.91 Å². The van der Waals surface area contributed by atoms with Gasteiger partial charge in [0.1, 0.15) is 52.6 Å². The second-order valence-electron chi connectivity index (χ2n) is 26.4. The summed E-state index contributed by atoms with van der Waals surface area (Å²) in [5.74, 6) is -6.01. The number of carbonyl (C=O) groups excluding carboxylic acids is 9. The summed E-state index contributed by atoms with van der Waals surface area (Å²) in [6, 6.07) is 8.99. The minimum absolute atomic E-state index is 0.0974. The minimum Gasteiger partial charge on any atom is -0.350 e. The third-order valence-corrected chi connectivity index (χ3v) is 15.5. The number of likely N-dealkylation sites (N-methyl/N-ethyl adjacent to an activating group) is 1. The first-order valence-electron chi connectivity index (χ1n) is 29.9. The third kappa shape index (κ3) is 21.6. The predicted octanol–water partition coefficient (Wildman–Crippen LogP) is 6.01. The molecule has 0 unspecified atom stereocenters. The summed E-state index contributed by atoms with van der Waals surface area (Å²) in [6.45, 7) is 23.0. The van der Waals surface area contributed by atoms with Crippen molar-refractivity contribution in [2.24, 2.45) is 23.7 Å². The van der Waals surface area contributed by atoms with Gasteiger partial charge >= 0.3 is 0 Å². The number of likely N-dealkylation sites (tertiary alicyclic amines) is 1. The summed E-state index contributed by atoms with van der Waals surface area (Å²) in [6.07, 6.45) is 6.93. The molecule has 462 valence electrons. The van der Waals surface area contributed by atoms with Gasteiger partial charge in [-0.3, -0.25) is 43.2 Å². The first kappa shape index (κ1) is 69.1. The summed E-state index contributed by atoms with van der Waals surface area (Å²) >= 11 is 0. The summed E-state index contributed by atoms with van der Waals surface area (Å²) < 4.78 is 14.0. The van der Waals surface area contributed by atoms with E-state index in [1.54, 1.807) is 13.8 Å². The van der Waals surface area contributed by atoms with Crippen molar-refractivity contribution in [2.75, 3.05) is 27.2 Å². The summed E-state index contributed by atoms with van der Waals surface area (Å²) in [7, 11) is 3.77. The normalized spacial score (nSPS) is 17.9. The van der Waals surface area contributed by atoms with Crippen LogP contribution < -0.4 is 42.5 Å². The van der Waals surface area contributed by atoms with Gasteiger partial charge in [0, 0.05) is 30.6 Å². The second kappa shape index (κ2) is 30.9. The maximum atomic E-state index is 14.7. The fourth-order valence-corrected chi connectivity index (χ4v) is 10.8. The molecule has 0 bridgehead atoms. The fourth-order valence-electron chi connectivity index (χ4n) is 10.8. The van der Waals surface area contributed by atoms with Crippen LogP contribution in [0.25, 0.3) is 0 Å². The zero-order valence-electron chi connectivity index (χ0n) is 52.2. The van der Waals surface area contributed by atoms with Gasteiger partial charge in [0.15, 0.2) is 0 Å². The molecule has 19 nitrogen and oxygen atoms in total. The average molecular weight is 1160 g/mol. The van der Waals surface area contributed by atoms with Crippen LogP contribution in [-0.4, -0.2) is 143 Å². The van der Waals surface area contributed by atoms with Gasteiger partial charge in [-0.15, -0.1) is 0 Å². The molecule has 8 N–H and O–H groups in total. The van der Waals surface area contributed by atoms with Crippen LogP contribution >= 0.6 is 0 Å². The highest BCUT2D eigenvalue weighted by molar-refractivity contribution is 6.01. The number of nitrogens with one attached hydrogen (secondary N) is 8. The molecule has 4 rings (SSSR count). The topological polar surface area (TPSA) is 256 Å². The van der Waals surface area contributed by atoms with Gasteiger partial charge in [-0.1, -0.05) is 104 Å². The van der Waals surface area contributed by atoms with Crippen molar-refractivity contribution in [1.29, 1.82) is 0 Å². The van der Waals surface area contributed by atoms with Crippen molar-refractivity contribution in [2.45, 2.75) is 219 Å². The van der Waals surface area contributed by atoms with E-state index in [1.165, 1.54) is 56.9 Å². The number of amides is 9. The number of nitrogens with zero attached hydrogens (tertiary/aromatic N) is 2. The molecule has 2 aromatic rings. The van der Waals surface area contributed by atoms with E-state index >= 15 is 0 Å². The Labute approximate surface area is 493 Å². The van der Waals surface area contributed by atoms with Gasteiger partial charge in [0.05, 0.1) is 0 Å². The third-order valence-electron chi connectivity index (χ3n) is 15.5. The Morgan fingerprint density at radius 1 is 0.566 bits per heavy atom. The molecule has 0 spiro atoms. The van der Waals surface area contributed by atoms with Gasteiger partial charge in [-0.25, -0.2) is 4.39 Å². The maximum Gasteiger partial charge on any atom is 0.254 e. The molecule has 83 heavy (non-hydrogen) atoms. The Bertz CT molecular complexity index is 2530. The average Bonchev–Trinajstić information content (AvgIpc) is 4.15. The van der Waals surface area contributed by atoms with E-state index in [4.69, 9.17) is 0 Å². The molecule has 1 saturated carbocycles. The summed E-state index contributed by atoms with van der Waals surface area (Å²) in [5.41, 5.74) is -3.37. The predicted molar refractivity (Wildman–Crippen MR) is 320 cm³/mol. The van der Waals surface area contributed by atoms with Crippen molar-refractivity contribution in [1.82, 2.24) is 52.3 Å². The quantitative estimate of drug-likeness (QED) is 0.0471. The number of hydrogen-bond acceptors (Lipinski definition) is 10. The largest absolute Gasteiger partial charge is 0.350 e. The number of rotatable bonds is 29. The molecule has 2 aliphatic rings. The number of halogens is 1. The molecule has 1 aliphatic carbocycles. The maximum absolute atomic E-state index is 14.7. The highest BCUT2D eigenvalue weighted by Crippen LogP contribution is 2.34. The SMILES string of the molecule is CC(C)C[C@H](NC(=O)[C@H](CCC1CCCCC1)NC(=O)[C@@H]1C[C@H](c2ccccc2)CN1C(=O)c1ccc(F)cc1)C(=O)NC(C)(C)C(=O)N[C@@H](CC(C)C)C(=O)N[C@@H](CC(C)C)C(=O)NC(C)(C)C(=O)NC(C)(C)C(=O)N[C@@H](C)CN(C)C. The highest BCUT2D eigenvalue weighted by atomic mass is 19.1. The molecule has 0 aromatic heterocycles. The number of hydrogen-bond donors (Lipinski definition) is 8. The first-order chi connectivity index (χ1) is 38.7. The van der Waals surface area contributed by atoms with Gasteiger partial charge in [0.2, 0.25) is 47.3 Å². The van der Waals surface area contributed by atoms with E-state index in [9.17, 15) is 47.5 Å². The van der Waals surface area contributed by atoms with E-state index < -0.39 is 106 Å². The van der Waals surface area contributed by atoms with Crippen LogP contribution in [0.5, 0.6) is 0 Å². The van der Waals surface area contributed by atoms with Crippen LogP contribution in [-0.2, 0) is 38.4 Å². The summed E-state index contributed by atoms with van der Waals surface area (Å²) in [4.78, 5) is 131. The van der Waals surface area contributed by atoms with Crippen LogP contribution in [0.3, 0.4) is 0 Å². The van der Waals surface area contributed by atoms with E-state index in [2.05, 4.69) is 42.5 Å². The lowest BCUT2D eigenvalue weighted by Crippen LogP contribution is -2.65. The van der Waals surface area contributed by atoms with E-state index in [1.807, 2.05) is 97.8 Å². The van der Waals surface area contributed by atoms with Gasteiger partial charge in [-0.2, -0.15) is 0 Å². The monoisotopic (exact) mass is 1160 g/mol. The minimum atomic E-state index is -1.65. The molecule has 1 aliphatic heterocycles. The van der Waals surface area contributed by atoms with E-state index in [-0.39, 0.29) is 73.9 Å². The molecule has 1 saturated heterocycles. The smallest absolute Gasteiger partial charge is 0.254 e. The molecule has 9 amide bonds. The Kier molecular flexibility index (Phi) is 25.7. The van der Waals surface area contributed by atoms with Gasteiger partial charge in [-0.05, 0) is 155 Å². The Morgan fingerprint density at radius 3 is 1.54 bits per heavy atom. The Hall–Kier alpha value is -6.44. The molecule has 2 fully saturated rings. The highest BCUT2D eigenvalue weighted by Gasteiger charge is 2.44. The first-order valence-corrected chi connectivity index (χ1v) is 29.9. The summed E-state index contributed by atoms with van der Waals surface area (Å²) in [5, 5.41) is 22.8. The van der Waals surface area contributed by atoms with Crippen LogP contribution in [0, 0.1) is 29.5 Å². The molecule has 20 heteroatoms. The lowest BCUT2D eigenvalue weighted by molar-refractivity contribution is -0.139. The van der Waals surface area contributed by atoms with Crippen molar-refractivity contribution >= 4 is 53.2 Å². The number of carbonyl (C=O) groups is 9. The van der Waals surface area contributed by atoms with Crippen molar-refractivity contribution in [3.63, 3.8) is 0 Å². The molecule has 1 heterocycles. The van der Waals surface area contributed by atoms with Crippen molar-refractivity contribution in [3.05, 3.63) is 71.5 Å². The van der Waals surface area contributed by atoms with Crippen LogP contribution in [0.1, 0.15) is 182 Å². The second-order valence-corrected chi connectivity index (χ2v) is 26.4. The Morgan fingerprint density at radius 2 is 1.04 bits per heavy atom. The van der Waals surface area contributed by atoms with E-state index in [0.29, 0.717) is 18.9 Å². The van der Waals surface area contributed by atoms with Crippen LogP contribution in [0.4, 0.5) is 4.39 Å². The molecular formula is C63H99FN10O9. The lowest BCUT2D eigenvalue weighted by atomic mass is 9.85. The van der Waals surface area contributed by atoms with Crippen molar-refractivity contribution in [3.8, 4) is 0 Å². The molecule has 2 aromatic carbocycles. The van der Waals surface area contributed by atoms with Crippen molar-refractivity contribution < 1.29 is 47.5 Å². The standard InChI is InChI=1S/C63H99FN10O9/c1-38(2)32-48(53(76)68-50(34-40(5)6)55(78)71-63(12,13)60(83)72-62(10,11)58(81)65-41(7)36-73(14)15)69-59(82)61(8,9)70-54(77)49(33-39(3)4)67-52(75)47(31-26-42-22-18-16-19-23-42)66-56(79)51-35-45(43-24-20-17-21-25-43)37-74(51)57(80)44-27-29-46(64)30-28-44/h17,20-21,24-25,27-30,38-42,45,47-51H,16,18-19,22-23,26,31-37H2,1-15H3,(H,65,81)(H,66,79)(H,67,75)(H,68,76)(H,69,82)(H,70,77)(H,71,78)(H,72,83)/t41-,45-,47-,48-,49-,50-,51-/m0/s1. The molecular weight excluding hydrogens is 1060 g/mol.